The van der Waals surface area contributed by atoms with Crippen LogP contribution >= 0.6 is 0 Å². The van der Waals surface area contributed by atoms with Gasteiger partial charge in [-0.25, -0.2) is 0 Å². The maximum Gasteiger partial charge on any atom is -0.000741 e. The minimum atomic E-state index is 1.08. The number of hydrogen-bond donors (Lipinski definition) is 0. The van der Waals surface area contributed by atoms with Gasteiger partial charge in [0.25, 0.3) is 0 Å². The SMILES string of the molecule is C1=CC(c2c3c(c(-c4ccccc4)c4ccccc24)-c2cccc4c(-c5ccc6ccccc6c5)ccc-3c24)=CCC1.Cc1ccc(C)c(C)c1. The van der Waals surface area contributed by atoms with Crippen molar-refractivity contribution in [2.75, 3.05) is 0 Å². The molecule has 0 radical (unpaired) electrons. The van der Waals surface area contributed by atoms with Crippen molar-refractivity contribution < 1.29 is 0 Å². The summed E-state index contributed by atoms with van der Waals surface area (Å²) in [5.74, 6) is 0. The molecule has 51 heavy (non-hydrogen) atoms. The van der Waals surface area contributed by atoms with Gasteiger partial charge in [-0.15, -0.1) is 0 Å². The quantitative estimate of drug-likeness (QED) is 0.178. The van der Waals surface area contributed by atoms with Gasteiger partial charge in [0.1, 0.15) is 0 Å². The summed E-state index contributed by atoms with van der Waals surface area (Å²) in [6, 6.07) is 53.7. The molecular weight excluding hydrogens is 613 g/mol. The van der Waals surface area contributed by atoms with E-state index < -0.39 is 0 Å². The second-order valence-corrected chi connectivity index (χ2v) is 14.1. The molecule has 0 saturated carbocycles. The van der Waals surface area contributed by atoms with Crippen LogP contribution in [0.4, 0.5) is 0 Å². The zero-order valence-electron chi connectivity index (χ0n) is 29.5. The Balaban J connectivity index is 0.000000340. The fourth-order valence-corrected chi connectivity index (χ4v) is 8.30. The summed E-state index contributed by atoms with van der Waals surface area (Å²) in [5, 5.41) is 7.88. The third-order valence-electron chi connectivity index (χ3n) is 10.9. The molecule has 0 nitrogen and oxygen atoms in total. The van der Waals surface area contributed by atoms with Crippen molar-refractivity contribution in [1.29, 1.82) is 0 Å². The molecule has 244 valence electrons. The van der Waals surface area contributed by atoms with Crippen LogP contribution in [0.15, 0.2) is 164 Å². The van der Waals surface area contributed by atoms with Gasteiger partial charge in [-0.2, -0.15) is 0 Å². The highest BCUT2D eigenvalue weighted by Crippen LogP contribution is 2.57. The van der Waals surface area contributed by atoms with E-state index in [1.54, 1.807) is 0 Å². The fourth-order valence-electron chi connectivity index (χ4n) is 8.30. The van der Waals surface area contributed by atoms with Crippen LogP contribution in [-0.2, 0) is 0 Å². The van der Waals surface area contributed by atoms with E-state index in [9.17, 15) is 0 Å². The molecule has 0 spiro atoms. The van der Waals surface area contributed by atoms with Crippen LogP contribution in [-0.4, -0.2) is 0 Å². The van der Waals surface area contributed by atoms with Crippen molar-refractivity contribution >= 4 is 37.9 Å². The lowest BCUT2D eigenvalue weighted by Crippen LogP contribution is -1.96. The standard InChI is InChI=1S/C42H28.C9H12/c1-3-13-28(14-4-1)38-34-18-9-10-19-35(34)39(29-15-5-2-6-16-29)42-37-25-24-32(33-20-11-21-36(40(33)37)41(38)42)31-23-22-27-12-7-8-17-30(27)26-31;1-7-4-5-8(2)9(3)6-7/h1,3-5,7-26H,2,6H2;4-6H,1-3H3. The lowest BCUT2D eigenvalue weighted by atomic mass is 9.81. The van der Waals surface area contributed by atoms with Gasteiger partial charge in [-0.3, -0.25) is 0 Å². The van der Waals surface area contributed by atoms with Gasteiger partial charge in [0.15, 0.2) is 0 Å². The fraction of sp³-hybridized carbons (Fsp3) is 0.0980. The van der Waals surface area contributed by atoms with Gasteiger partial charge < -0.3 is 0 Å². The summed E-state index contributed by atoms with van der Waals surface area (Å²) < 4.78 is 0. The Morgan fingerprint density at radius 3 is 1.86 bits per heavy atom. The van der Waals surface area contributed by atoms with Crippen LogP contribution in [0, 0.1) is 20.8 Å². The van der Waals surface area contributed by atoms with Gasteiger partial charge in [0, 0.05) is 0 Å². The molecule has 0 atom stereocenters. The van der Waals surface area contributed by atoms with E-state index in [-0.39, 0.29) is 0 Å². The lowest BCUT2D eigenvalue weighted by Gasteiger charge is -2.21. The Hall–Kier alpha value is -5.98. The molecule has 0 amide bonds. The summed E-state index contributed by atoms with van der Waals surface area (Å²) in [6.45, 7) is 6.39. The molecule has 2 aliphatic carbocycles. The van der Waals surface area contributed by atoms with Gasteiger partial charge in [0.05, 0.1) is 0 Å². The smallest absolute Gasteiger partial charge is 0.000741 e. The summed E-state index contributed by atoms with van der Waals surface area (Å²) >= 11 is 0. The second kappa shape index (κ2) is 12.7. The van der Waals surface area contributed by atoms with E-state index in [1.165, 1.54) is 105 Å². The maximum atomic E-state index is 2.44. The molecule has 0 aliphatic heterocycles. The summed E-state index contributed by atoms with van der Waals surface area (Å²) in [7, 11) is 0. The van der Waals surface area contributed by atoms with E-state index >= 15 is 0 Å². The molecule has 0 unspecified atom stereocenters. The highest BCUT2D eigenvalue weighted by molar-refractivity contribution is 6.27. The molecule has 0 saturated heterocycles. The molecule has 8 aromatic carbocycles. The highest BCUT2D eigenvalue weighted by Gasteiger charge is 2.31. The molecule has 0 fully saturated rings. The van der Waals surface area contributed by atoms with E-state index in [0.29, 0.717) is 0 Å². The second-order valence-electron chi connectivity index (χ2n) is 14.1. The molecule has 2 aliphatic rings. The zero-order valence-corrected chi connectivity index (χ0v) is 29.5. The predicted octanol–water partition coefficient (Wildman–Crippen LogP) is 14.5. The number of aryl methyl sites for hydroxylation is 3. The molecule has 0 aromatic heterocycles. The van der Waals surface area contributed by atoms with E-state index in [0.717, 1.165) is 12.8 Å². The molecule has 8 aromatic rings. The Bertz CT molecular complexity index is 2700. The molecular formula is C51H40. The molecule has 10 rings (SSSR count). The topological polar surface area (TPSA) is 0 Å². The largest absolute Gasteiger partial charge is 0.0836 e. The lowest BCUT2D eigenvalue weighted by molar-refractivity contribution is 1.04. The Kier molecular flexibility index (Phi) is 7.74. The average Bonchev–Trinajstić information content (AvgIpc) is 3.51. The Morgan fingerprint density at radius 2 is 1.10 bits per heavy atom. The molecule has 0 N–H and O–H groups in total. The number of rotatable bonds is 3. The first-order valence-electron chi connectivity index (χ1n) is 18.2. The third-order valence-corrected chi connectivity index (χ3v) is 10.9. The first-order chi connectivity index (χ1) is 25.1. The number of hydrogen-bond acceptors (Lipinski definition) is 0. The summed E-state index contributed by atoms with van der Waals surface area (Å²) in [4.78, 5) is 0. The van der Waals surface area contributed by atoms with Crippen molar-refractivity contribution in [3.05, 3.63) is 186 Å². The van der Waals surface area contributed by atoms with Gasteiger partial charge in [0.2, 0.25) is 0 Å². The Labute approximate surface area is 301 Å². The number of allylic oxidation sites excluding steroid dienone is 4. The normalized spacial score (nSPS) is 12.9. The van der Waals surface area contributed by atoms with Crippen LogP contribution < -0.4 is 0 Å². The van der Waals surface area contributed by atoms with Crippen molar-refractivity contribution in [2.45, 2.75) is 33.6 Å². The van der Waals surface area contributed by atoms with E-state index in [1.807, 2.05) is 0 Å². The maximum absolute atomic E-state index is 2.44. The van der Waals surface area contributed by atoms with Gasteiger partial charge >= 0.3 is 0 Å². The molecule has 0 heteroatoms. The number of benzene rings is 8. The van der Waals surface area contributed by atoms with Crippen LogP contribution in [0.2, 0.25) is 0 Å². The molecule has 0 bridgehead atoms. The monoisotopic (exact) mass is 652 g/mol. The minimum absolute atomic E-state index is 1.08. The van der Waals surface area contributed by atoms with Crippen LogP contribution in [0.25, 0.3) is 82.4 Å². The molecule has 0 heterocycles. The third kappa shape index (κ3) is 5.31. The van der Waals surface area contributed by atoms with Crippen molar-refractivity contribution in [1.82, 2.24) is 0 Å². The van der Waals surface area contributed by atoms with E-state index in [4.69, 9.17) is 0 Å². The minimum Gasteiger partial charge on any atom is -0.0836 e. The van der Waals surface area contributed by atoms with Gasteiger partial charge in [-0.1, -0.05) is 163 Å². The Morgan fingerprint density at radius 1 is 0.412 bits per heavy atom. The van der Waals surface area contributed by atoms with Crippen LogP contribution in [0.3, 0.4) is 0 Å². The highest BCUT2D eigenvalue weighted by atomic mass is 14.3. The van der Waals surface area contributed by atoms with Crippen LogP contribution in [0.5, 0.6) is 0 Å². The van der Waals surface area contributed by atoms with Crippen molar-refractivity contribution in [3.63, 3.8) is 0 Å². The summed E-state index contributed by atoms with van der Waals surface area (Å²) in [6.07, 6.45) is 9.31. The summed E-state index contributed by atoms with van der Waals surface area (Å²) in [5.41, 5.74) is 17.4. The first kappa shape index (κ1) is 31.0. The van der Waals surface area contributed by atoms with Crippen LogP contribution in [0.1, 0.15) is 35.1 Å². The predicted molar refractivity (Wildman–Crippen MR) is 221 cm³/mol. The number of fused-ring (bicyclic) bond motifs is 5. The van der Waals surface area contributed by atoms with E-state index in [2.05, 4.69) is 185 Å². The zero-order chi connectivity index (χ0) is 34.5. The average molecular weight is 653 g/mol. The van der Waals surface area contributed by atoms with Crippen molar-refractivity contribution in [3.8, 4) is 44.5 Å². The van der Waals surface area contributed by atoms with Gasteiger partial charge in [-0.05, 0) is 139 Å². The first-order valence-corrected chi connectivity index (χ1v) is 18.2. The van der Waals surface area contributed by atoms with Crippen molar-refractivity contribution in [2.24, 2.45) is 0 Å².